The van der Waals surface area contributed by atoms with Crippen molar-refractivity contribution in [1.82, 2.24) is 14.5 Å². The molecule has 0 saturated carbocycles. The quantitative estimate of drug-likeness (QED) is 0.620. The molecule has 0 spiro atoms. The SMILES string of the molecule is N=C/C(=C\N)c1ccc2c(ccn2CC2CCN(C(=O)Cc3ccccc3)CC2)n1. The van der Waals surface area contributed by atoms with Gasteiger partial charge in [-0.05, 0) is 42.5 Å². The number of benzene rings is 1. The zero-order chi connectivity index (χ0) is 20.9. The van der Waals surface area contributed by atoms with Crippen LogP contribution >= 0.6 is 0 Å². The number of amides is 1. The fraction of sp³-hybridized carbons (Fsp3) is 0.292. The lowest BCUT2D eigenvalue weighted by atomic mass is 9.96. The van der Waals surface area contributed by atoms with Crippen molar-refractivity contribution in [3.8, 4) is 0 Å². The van der Waals surface area contributed by atoms with Crippen LogP contribution in [0.25, 0.3) is 16.6 Å². The Morgan fingerprint density at radius 2 is 1.90 bits per heavy atom. The number of rotatable bonds is 6. The molecule has 0 aliphatic carbocycles. The van der Waals surface area contributed by atoms with Crippen LogP contribution in [0.15, 0.2) is 60.9 Å². The van der Waals surface area contributed by atoms with Crippen LogP contribution in [0.3, 0.4) is 0 Å². The Bertz CT molecular complexity index is 1060. The molecule has 3 aromatic rings. The van der Waals surface area contributed by atoms with Crippen molar-refractivity contribution in [3.63, 3.8) is 0 Å². The van der Waals surface area contributed by atoms with Crippen molar-refractivity contribution < 1.29 is 4.79 Å². The molecule has 1 fully saturated rings. The van der Waals surface area contributed by atoms with Crippen LogP contribution in [0.2, 0.25) is 0 Å². The number of pyridine rings is 1. The molecule has 154 valence electrons. The number of nitrogens with zero attached hydrogens (tertiary/aromatic N) is 3. The Kier molecular flexibility index (Phi) is 5.93. The van der Waals surface area contributed by atoms with Crippen LogP contribution < -0.4 is 5.73 Å². The standard InChI is InChI=1S/C24H27N5O/c25-15-20(16-26)21-6-7-23-22(27-21)10-13-29(23)17-19-8-11-28(12-9-19)24(30)14-18-4-2-1-3-5-18/h1-7,10,13,15-16,19,25H,8-9,11-12,14,17,26H2/b20-16+,25-15?. The lowest BCUT2D eigenvalue weighted by Gasteiger charge is -2.32. The first kappa shape index (κ1) is 19.9. The molecule has 0 bridgehead atoms. The first-order valence-electron chi connectivity index (χ1n) is 10.4. The van der Waals surface area contributed by atoms with Crippen molar-refractivity contribution in [2.24, 2.45) is 11.7 Å². The summed E-state index contributed by atoms with van der Waals surface area (Å²) in [6.45, 7) is 2.57. The van der Waals surface area contributed by atoms with Gasteiger partial charge in [-0.2, -0.15) is 0 Å². The smallest absolute Gasteiger partial charge is 0.226 e. The van der Waals surface area contributed by atoms with E-state index in [4.69, 9.17) is 11.1 Å². The number of nitrogens with one attached hydrogen (secondary N) is 1. The van der Waals surface area contributed by atoms with Crippen LogP contribution in [-0.2, 0) is 17.8 Å². The van der Waals surface area contributed by atoms with Crippen LogP contribution in [0, 0.1) is 11.3 Å². The molecule has 1 saturated heterocycles. The van der Waals surface area contributed by atoms with Crippen molar-refractivity contribution in [2.75, 3.05) is 13.1 Å². The summed E-state index contributed by atoms with van der Waals surface area (Å²) in [4.78, 5) is 19.2. The molecule has 1 aromatic carbocycles. The highest BCUT2D eigenvalue weighted by Crippen LogP contribution is 2.24. The molecule has 30 heavy (non-hydrogen) atoms. The number of fused-ring (bicyclic) bond motifs is 1. The zero-order valence-electron chi connectivity index (χ0n) is 17.0. The van der Waals surface area contributed by atoms with Gasteiger partial charge in [0.1, 0.15) is 0 Å². The van der Waals surface area contributed by atoms with E-state index >= 15 is 0 Å². The molecule has 6 nitrogen and oxygen atoms in total. The molecule has 6 heteroatoms. The summed E-state index contributed by atoms with van der Waals surface area (Å²) in [6, 6.07) is 15.9. The van der Waals surface area contributed by atoms with Gasteiger partial charge in [0.2, 0.25) is 5.91 Å². The zero-order valence-corrected chi connectivity index (χ0v) is 17.0. The average Bonchev–Trinajstić information content (AvgIpc) is 3.18. The fourth-order valence-corrected chi connectivity index (χ4v) is 4.13. The first-order valence-corrected chi connectivity index (χ1v) is 10.4. The number of carbonyl (C=O) groups excluding carboxylic acids is 1. The highest BCUT2D eigenvalue weighted by Gasteiger charge is 2.23. The number of aromatic nitrogens is 2. The van der Waals surface area contributed by atoms with Crippen LogP contribution in [0.1, 0.15) is 24.1 Å². The van der Waals surface area contributed by atoms with Gasteiger partial charge in [-0.15, -0.1) is 0 Å². The Hall–Kier alpha value is -3.41. The van der Waals surface area contributed by atoms with Gasteiger partial charge >= 0.3 is 0 Å². The summed E-state index contributed by atoms with van der Waals surface area (Å²) in [5, 5.41) is 7.44. The average molecular weight is 402 g/mol. The van der Waals surface area contributed by atoms with E-state index in [0.717, 1.165) is 49.1 Å². The van der Waals surface area contributed by atoms with E-state index in [-0.39, 0.29) is 5.91 Å². The summed E-state index contributed by atoms with van der Waals surface area (Å²) >= 11 is 0. The van der Waals surface area contributed by atoms with Crippen LogP contribution in [0.5, 0.6) is 0 Å². The van der Waals surface area contributed by atoms with E-state index in [0.29, 0.717) is 23.6 Å². The van der Waals surface area contributed by atoms with E-state index in [2.05, 4.69) is 15.7 Å². The number of piperidine rings is 1. The molecular weight excluding hydrogens is 374 g/mol. The Labute approximate surface area is 176 Å². The highest BCUT2D eigenvalue weighted by atomic mass is 16.2. The minimum absolute atomic E-state index is 0.220. The lowest BCUT2D eigenvalue weighted by molar-refractivity contribution is -0.131. The van der Waals surface area contributed by atoms with E-state index < -0.39 is 0 Å². The van der Waals surface area contributed by atoms with E-state index in [9.17, 15) is 4.79 Å². The van der Waals surface area contributed by atoms with Crippen LogP contribution in [0.4, 0.5) is 0 Å². The largest absolute Gasteiger partial charge is 0.404 e. The van der Waals surface area contributed by atoms with Gasteiger partial charge in [0.15, 0.2) is 0 Å². The van der Waals surface area contributed by atoms with E-state index in [1.54, 1.807) is 0 Å². The van der Waals surface area contributed by atoms with Crippen molar-refractivity contribution in [2.45, 2.75) is 25.8 Å². The summed E-state index contributed by atoms with van der Waals surface area (Å²) in [6.07, 6.45) is 7.21. The molecule has 2 aromatic heterocycles. The maximum Gasteiger partial charge on any atom is 0.226 e. The summed E-state index contributed by atoms with van der Waals surface area (Å²) < 4.78 is 2.24. The second kappa shape index (κ2) is 8.95. The number of nitrogens with two attached hydrogens (primary N) is 1. The lowest BCUT2D eigenvalue weighted by Crippen LogP contribution is -2.40. The second-order valence-electron chi connectivity index (χ2n) is 7.82. The predicted octanol–water partition coefficient (Wildman–Crippen LogP) is 3.47. The third-order valence-corrected chi connectivity index (χ3v) is 5.88. The molecule has 0 atom stereocenters. The van der Waals surface area contributed by atoms with Crippen molar-refractivity contribution >= 4 is 28.7 Å². The van der Waals surface area contributed by atoms with Crippen LogP contribution in [-0.4, -0.2) is 39.7 Å². The number of hydrogen-bond donors (Lipinski definition) is 2. The first-order chi connectivity index (χ1) is 14.7. The fourth-order valence-electron chi connectivity index (χ4n) is 4.13. The molecule has 4 rings (SSSR count). The molecule has 3 N–H and O–H groups in total. The Balaban J connectivity index is 1.36. The third-order valence-electron chi connectivity index (χ3n) is 5.88. The van der Waals surface area contributed by atoms with Gasteiger partial charge < -0.3 is 20.6 Å². The Morgan fingerprint density at radius 3 is 2.60 bits per heavy atom. The van der Waals surface area contributed by atoms with Gasteiger partial charge in [-0.1, -0.05) is 30.3 Å². The van der Waals surface area contributed by atoms with Gasteiger partial charge in [-0.3, -0.25) is 4.79 Å². The maximum absolute atomic E-state index is 12.6. The molecule has 0 unspecified atom stereocenters. The predicted molar refractivity (Wildman–Crippen MR) is 120 cm³/mol. The third kappa shape index (κ3) is 4.27. The van der Waals surface area contributed by atoms with Gasteiger partial charge in [0, 0.05) is 43.8 Å². The minimum atomic E-state index is 0.220. The summed E-state index contributed by atoms with van der Waals surface area (Å²) in [5.74, 6) is 0.764. The number of carbonyl (C=O) groups is 1. The second-order valence-corrected chi connectivity index (χ2v) is 7.82. The van der Waals surface area contributed by atoms with Gasteiger partial charge in [0.25, 0.3) is 0 Å². The molecular formula is C24H27N5O. The molecule has 1 aliphatic rings. The summed E-state index contributed by atoms with van der Waals surface area (Å²) in [5.41, 5.74) is 9.96. The molecule has 1 amide bonds. The monoisotopic (exact) mass is 401 g/mol. The van der Waals surface area contributed by atoms with E-state index in [1.165, 1.54) is 12.4 Å². The number of likely N-dealkylation sites (tertiary alicyclic amines) is 1. The molecule has 3 heterocycles. The maximum atomic E-state index is 12.6. The van der Waals surface area contributed by atoms with Gasteiger partial charge in [-0.25, -0.2) is 4.98 Å². The van der Waals surface area contributed by atoms with Crippen molar-refractivity contribution in [1.29, 1.82) is 5.41 Å². The number of hydrogen-bond acceptors (Lipinski definition) is 4. The summed E-state index contributed by atoms with van der Waals surface area (Å²) in [7, 11) is 0. The topological polar surface area (TPSA) is 88.0 Å². The number of allylic oxidation sites excluding steroid dienone is 1. The Morgan fingerprint density at radius 1 is 1.13 bits per heavy atom. The molecule has 0 radical (unpaired) electrons. The highest BCUT2D eigenvalue weighted by molar-refractivity contribution is 6.07. The van der Waals surface area contributed by atoms with Crippen molar-refractivity contribution in [3.05, 3.63) is 72.2 Å². The van der Waals surface area contributed by atoms with Gasteiger partial charge in [0.05, 0.1) is 23.1 Å². The molecule has 1 aliphatic heterocycles. The van der Waals surface area contributed by atoms with E-state index in [1.807, 2.05) is 53.4 Å². The normalized spacial score (nSPS) is 15.5. The minimum Gasteiger partial charge on any atom is -0.404 e.